The molecule has 8 nitrogen and oxygen atoms in total. The van der Waals surface area contributed by atoms with Gasteiger partial charge in [0.1, 0.15) is 6.10 Å². The van der Waals surface area contributed by atoms with Crippen LogP contribution in [0.1, 0.15) is 122 Å². The van der Waals surface area contributed by atoms with Crippen LogP contribution in [-0.4, -0.2) is 48.4 Å². The van der Waals surface area contributed by atoms with Crippen molar-refractivity contribution >= 4 is 13.8 Å². The van der Waals surface area contributed by atoms with Crippen molar-refractivity contribution in [3.05, 3.63) is 12.2 Å². The van der Waals surface area contributed by atoms with Crippen molar-refractivity contribution in [3.8, 4) is 0 Å². The third kappa shape index (κ3) is 24.9. The van der Waals surface area contributed by atoms with E-state index < -0.39 is 33.1 Å². The maximum absolute atomic E-state index is 11.9. The van der Waals surface area contributed by atoms with Gasteiger partial charge in [-0.15, -0.1) is 0 Å². The minimum Gasteiger partial charge on any atom is -0.457 e. The molecule has 36 heavy (non-hydrogen) atoms. The average molecular weight is 536 g/mol. The van der Waals surface area contributed by atoms with Crippen LogP contribution in [-0.2, 0) is 23.1 Å². The Bertz CT molecular complexity index is 574. The molecule has 0 saturated carbocycles. The van der Waals surface area contributed by atoms with Crippen LogP contribution in [0.15, 0.2) is 12.2 Å². The van der Waals surface area contributed by atoms with Crippen LogP contribution in [0.3, 0.4) is 0 Å². The van der Waals surface area contributed by atoms with Gasteiger partial charge in [0.15, 0.2) is 0 Å². The molecule has 0 spiro atoms. The zero-order valence-electron chi connectivity index (χ0n) is 22.7. The summed E-state index contributed by atoms with van der Waals surface area (Å²) in [5.74, 6) is -0.450. The highest BCUT2D eigenvalue weighted by atomic mass is 31.2. The Morgan fingerprint density at radius 1 is 0.833 bits per heavy atom. The summed E-state index contributed by atoms with van der Waals surface area (Å²) in [6.45, 7) is 1.28. The first-order chi connectivity index (χ1) is 17.4. The lowest BCUT2D eigenvalue weighted by Gasteiger charge is -2.17. The van der Waals surface area contributed by atoms with Gasteiger partial charge in [-0.2, -0.15) is 0 Å². The lowest BCUT2D eigenvalue weighted by Crippen LogP contribution is -2.27. The van der Waals surface area contributed by atoms with Crippen LogP contribution in [0, 0.1) is 0 Å². The Morgan fingerprint density at radius 2 is 1.33 bits per heavy atom. The number of hydrogen-bond donors (Lipinski definition) is 3. The van der Waals surface area contributed by atoms with Crippen molar-refractivity contribution in [1.29, 1.82) is 0 Å². The molecule has 9 heteroatoms. The number of rotatable bonds is 27. The molecule has 0 rings (SSSR count). The first-order valence-electron chi connectivity index (χ1n) is 14.2. The molecule has 2 atom stereocenters. The molecule has 0 aliphatic carbocycles. The number of esters is 1. The topological polar surface area (TPSA) is 128 Å². The molecule has 0 fully saturated rings. The fraction of sp³-hybridized carbons (Fsp3) is 0.889. The summed E-state index contributed by atoms with van der Waals surface area (Å²) in [4.78, 5) is 21.4. The second kappa shape index (κ2) is 25.9. The summed E-state index contributed by atoms with van der Waals surface area (Å²) in [6, 6.07) is 0. The van der Waals surface area contributed by atoms with Gasteiger partial charge >= 0.3 is 13.8 Å². The van der Waals surface area contributed by atoms with Gasteiger partial charge in [0.25, 0.3) is 0 Å². The zero-order valence-corrected chi connectivity index (χ0v) is 23.6. The molecular weight excluding hydrogens is 481 g/mol. The Hall–Kier alpha value is -0.760. The van der Waals surface area contributed by atoms with E-state index in [1.165, 1.54) is 89.9 Å². The minimum atomic E-state index is -4.26. The van der Waals surface area contributed by atoms with E-state index in [1.807, 2.05) is 0 Å². The van der Waals surface area contributed by atoms with Crippen molar-refractivity contribution in [3.63, 3.8) is 0 Å². The summed E-state index contributed by atoms with van der Waals surface area (Å²) in [5.41, 5.74) is 5.20. The Balaban J connectivity index is 3.52. The lowest BCUT2D eigenvalue weighted by molar-refractivity contribution is -0.153. The first kappa shape index (κ1) is 35.2. The maximum atomic E-state index is 11.9. The van der Waals surface area contributed by atoms with Gasteiger partial charge in [-0.1, -0.05) is 96.1 Å². The van der Waals surface area contributed by atoms with E-state index in [9.17, 15) is 19.4 Å². The number of nitrogens with two attached hydrogens (primary N) is 1. The fourth-order valence-corrected chi connectivity index (χ4v) is 4.56. The Morgan fingerprint density at radius 3 is 1.83 bits per heavy atom. The van der Waals surface area contributed by atoms with Gasteiger partial charge in [0.2, 0.25) is 0 Å². The van der Waals surface area contributed by atoms with E-state index in [2.05, 4.69) is 23.6 Å². The van der Waals surface area contributed by atoms with Crippen LogP contribution in [0.5, 0.6) is 0 Å². The standard InChI is InChI=1S/C27H54NO7P/c1-2-3-4-5-6-7-8-9-10-11-12-13-14-15-16-17-18-19-20-21-27(30)35-26(24-29)25-34-36(31,32)33-23-22-28/h9-10,26,29H,2-8,11-25,28H2,1H3,(H,31,32)/t26-/m1/s1. The second-order valence-electron chi connectivity index (χ2n) is 9.43. The SMILES string of the molecule is CCCCCCCCC=CCCCCCCCCCCCC(=O)O[C@H](CO)COP(=O)(O)OCCN. The zero-order chi connectivity index (χ0) is 26.7. The van der Waals surface area contributed by atoms with E-state index >= 15 is 0 Å². The minimum absolute atomic E-state index is 0.0730. The summed E-state index contributed by atoms with van der Waals surface area (Å²) in [7, 11) is -4.26. The summed E-state index contributed by atoms with van der Waals surface area (Å²) < 4.78 is 26.0. The second-order valence-corrected chi connectivity index (χ2v) is 10.9. The monoisotopic (exact) mass is 535 g/mol. The van der Waals surface area contributed by atoms with E-state index in [0.29, 0.717) is 0 Å². The Kier molecular flexibility index (Phi) is 25.3. The highest BCUT2D eigenvalue weighted by Crippen LogP contribution is 2.42. The number of hydrogen-bond acceptors (Lipinski definition) is 7. The van der Waals surface area contributed by atoms with Crippen LogP contribution in [0.2, 0.25) is 0 Å². The third-order valence-corrected chi connectivity index (χ3v) is 6.92. The van der Waals surface area contributed by atoms with E-state index in [-0.39, 0.29) is 19.6 Å². The molecule has 4 N–H and O–H groups in total. The summed E-state index contributed by atoms with van der Waals surface area (Å²) in [5, 5.41) is 9.29. The molecule has 0 aromatic carbocycles. The van der Waals surface area contributed by atoms with Crippen molar-refractivity contribution in [2.75, 3.05) is 26.4 Å². The smallest absolute Gasteiger partial charge is 0.457 e. The fourth-order valence-electron chi connectivity index (χ4n) is 3.80. The van der Waals surface area contributed by atoms with Gasteiger partial charge in [-0.25, -0.2) is 4.57 Å². The van der Waals surface area contributed by atoms with Crippen LogP contribution in [0.4, 0.5) is 0 Å². The van der Waals surface area contributed by atoms with Gasteiger partial charge in [0.05, 0.1) is 19.8 Å². The van der Waals surface area contributed by atoms with Crippen LogP contribution >= 0.6 is 7.82 Å². The summed E-state index contributed by atoms with van der Waals surface area (Å²) in [6.07, 6.45) is 24.9. The van der Waals surface area contributed by atoms with E-state index in [0.717, 1.165) is 19.3 Å². The highest BCUT2D eigenvalue weighted by molar-refractivity contribution is 7.47. The number of carbonyl (C=O) groups excluding carboxylic acids is 1. The number of aliphatic hydroxyl groups is 1. The molecule has 0 saturated heterocycles. The number of carbonyl (C=O) groups is 1. The lowest BCUT2D eigenvalue weighted by atomic mass is 10.1. The maximum Gasteiger partial charge on any atom is 0.472 e. The van der Waals surface area contributed by atoms with Crippen molar-refractivity contribution in [2.24, 2.45) is 5.73 Å². The molecule has 0 aromatic heterocycles. The molecule has 0 aromatic rings. The van der Waals surface area contributed by atoms with Crippen molar-refractivity contribution in [2.45, 2.75) is 129 Å². The molecule has 0 bridgehead atoms. The quantitative estimate of drug-likeness (QED) is 0.0466. The molecule has 214 valence electrons. The number of unbranched alkanes of at least 4 members (excludes halogenated alkanes) is 15. The first-order valence-corrected chi connectivity index (χ1v) is 15.7. The van der Waals surface area contributed by atoms with Crippen molar-refractivity contribution < 1.29 is 33.1 Å². The Labute approximate surface area is 220 Å². The van der Waals surface area contributed by atoms with Gasteiger partial charge in [0, 0.05) is 13.0 Å². The van der Waals surface area contributed by atoms with Gasteiger partial charge in [-0.3, -0.25) is 13.8 Å². The van der Waals surface area contributed by atoms with E-state index in [4.69, 9.17) is 15.0 Å². The summed E-state index contributed by atoms with van der Waals surface area (Å²) >= 11 is 0. The van der Waals surface area contributed by atoms with E-state index in [1.54, 1.807) is 0 Å². The predicted molar refractivity (Wildman–Crippen MR) is 146 cm³/mol. The number of phosphoric acid groups is 1. The third-order valence-electron chi connectivity index (χ3n) is 5.94. The van der Waals surface area contributed by atoms with Gasteiger partial charge in [-0.05, 0) is 32.1 Å². The number of allylic oxidation sites excluding steroid dienone is 2. The number of ether oxygens (including phenoxy) is 1. The van der Waals surface area contributed by atoms with Crippen molar-refractivity contribution in [1.82, 2.24) is 0 Å². The normalized spacial score (nSPS) is 14.2. The van der Waals surface area contributed by atoms with Crippen LogP contribution in [0.25, 0.3) is 0 Å². The predicted octanol–water partition coefficient (Wildman–Crippen LogP) is 6.58. The molecule has 1 unspecified atom stereocenters. The molecule has 0 aliphatic rings. The molecular formula is C27H54NO7P. The van der Waals surface area contributed by atoms with Gasteiger partial charge < -0.3 is 20.5 Å². The molecule has 0 heterocycles. The number of phosphoric ester groups is 1. The highest BCUT2D eigenvalue weighted by Gasteiger charge is 2.24. The molecule has 0 radical (unpaired) electrons. The number of aliphatic hydroxyl groups excluding tert-OH is 1. The van der Waals surface area contributed by atoms with Crippen LogP contribution < -0.4 is 5.73 Å². The molecule has 0 amide bonds. The largest absolute Gasteiger partial charge is 0.472 e. The average Bonchev–Trinajstić information content (AvgIpc) is 2.86. The molecule has 0 aliphatic heterocycles.